The molecule has 4 heteroatoms. The smallest absolute Gasteiger partial charge is 0.237 e. The molecule has 2 rings (SSSR count). The van der Waals surface area contributed by atoms with Gasteiger partial charge >= 0.3 is 0 Å². The van der Waals surface area contributed by atoms with Gasteiger partial charge in [-0.2, -0.15) is 0 Å². The number of ether oxygens (including phenoxy) is 1. The van der Waals surface area contributed by atoms with Crippen LogP contribution in [0.5, 0.6) is 5.88 Å². The maximum Gasteiger partial charge on any atom is 0.237 e. The van der Waals surface area contributed by atoms with Crippen molar-refractivity contribution in [3.05, 3.63) is 41.5 Å². The average Bonchev–Trinajstić information content (AvgIpc) is 2.35. The van der Waals surface area contributed by atoms with E-state index in [1.165, 1.54) is 16.0 Å². The lowest BCUT2D eigenvalue weighted by molar-refractivity contribution is 0.397. The van der Waals surface area contributed by atoms with Crippen molar-refractivity contribution in [2.45, 2.75) is 23.8 Å². The first-order chi connectivity index (χ1) is 8.60. The second-order valence-electron chi connectivity index (χ2n) is 4.12. The van der Waals surface area contributed by atoms with E-state index in [0.29, 0.717) is 11.6 Å². The lowest BCUT2D eigenvalue weighted by atomic mass is 10.2. The summed E-state index contributed by atoms with van der Waals surface area (Å²) in [6.45, 7) is 4.19. The lowest BCUT2D eigenvalue weighted by Crippen LogP contribution is -1.95. The van der Waals surface area contributed by atoms with Crippen molar-refractivity contribution >= 4 is 17.4 Å². The van der Waals surface area contributed by atoms with Crippen LogP contribution >= 0.6 is 11.8 Å². The molecule has 1 aromatic carbocycles. The first kappa shape index (κ1) is 12.8. The van der Waals surface area contributed by atoms with Gasteiger partial charge in [0, 0.05) is 4.90 Å². The highest BCUT2D eigenvalue weighted by molar-refractivity contribution is 7.99. The Bertz CT molecular complexity index is 570. The first-order valence-electron chi connectivity index (χ1n) is 5.66. The van der Waals surface area contributed by atoms with E-state index in [-0.39, 0.29) is 0 Å². The number of anilines is 1. The molecule has 0 amide bonds. The van der Waals surface area contributed by atoms with E-state index in [1.54, 1.807) is 18.9 Å². The number of aromatic nitrogens is 1. The second kappa shape index (κ2) is 5.31. The van der Waals surface area contributed by atoms with E-state index in [1.807, 2.05) is 12.1 Å². The number of methoxy groups -OCH3 is 1. The number of pyridine rings is 1. The number of hydrogen-bond acceptors (Lipinski definition) is 4. The number of hydrogen-bond donors (Lipinski definition) is 1. The van der Waals surface area contributed by atoms with E-state index in [4.69, 9.17) is 10.5 Å². The number of benzene rings is 1. The third-order valence-corrected chi connectivity index (χ3v) is 3.72. The summed E-state index contributed by atoms with van der Waals surface area (Å²) in [4.78, 5) is 5.56. The number of nitrogens with two attached hydrogens (primary N) is 1. The number of nitrogens with zero attached hydrogens (tertiary/aromatic N) is 1. The van der Waals surface area contributed by atoms with Gasteiger partial charge in [0.25, 0.3) is 0 Å². The highest BCUT2D eigenvalue weighted by atomic mass is 32.2. The topological polar surface area (TPSA) is 48.1 Å². The van der Waals surface area contributed by atoms with Gasteiger partial charge in [0.2, 0.25) is 5.88 Å². The van der Waals surface area contributed by atoms with Crippen LogP contribution in [0, 0.1) is 13.8 Å². The first-order valence-corrected chi connectivity index (χ1v) is 6.47. The number of nitrogen functional groups attached to an aromatic ring is 1. The molecule has 0 spiro atoms. The van der Waals surface area contributed by atoms with Gasteiger partial charge in [-0.15, -0.1) is 0 Å². The average molecular weight is 260 g/mol. The van der Waals surface area contributed by atoms with Gasteiger partial charge < -0.3 is 10.5 Å². The van der Waals surface area contributed by atoms with Crippen LogP contribution in [-0.2, 0) is 0 Å². The van der Waals surface area contributed by atoms with Gasteiger partial charge in [0.05, 0.1) is 12.8 Å². The fourth-order valence-corrected chi connectivity index (χ4v) is 2.53. The van der Waals surface area contributed by atoms with Gasteiger partial charge in [-0.05, 0) is 37.6 Å². The van der Waals surface area contributed by atoms with Crippen LogP contribution in [0.15, 0.2) is 40.3 Å². The third kappa shape index (κ3) is 2.76. The van der Waals surface area contributed by atoms with Crippen LogP contribution in [-0.4, -0.2) is 12.1 Å². The summed E-state index contributed by atoms with van der Waals surface area (Å²) in [6, 6.07) is 10.1. The summed E-state index contributed by atoms with van der Waals surface area (Å²) in [7, 11) is 1.57. The molecule has 1 heterocycles. The summed E-state index contributed by atoms with van der Waals surface area (Å²) < 4.78 is 5.12. The fourth-order valence-electron chi connectivity index (χ4n) is 1.68. The Morgan fingerprint density at radius 2 is 1.94 bits per heavy atom. The molecule has 0 fully saturated rings. The summed E-state index contributed by atoms with van der Waals surface area (Å²) in [5.74, 6) is 0.477. The van der Waals surface area contributed by atoms with Crippen LogP contribution in [0.3, 0.4) is 0 Å². The second-order valence-corrected chi connectivity index (χ2v) is 5.18. The minimum Gasteiger partial charge on any atom is -0.480 e. The SMILES string of the molecule is COc1nc(Sc2ccc(C)cc2C)ccc1N. The Balaban J connectivity index is 2.28. The largest absolute Gasteiger partial charge is 0.480 e. The summed E-state index contributed by atoms with van der Waals surface area (Å²) in [6.07, 6.45) is 0. The van der Waals surface area contributed by atoms with Crippen molar-refractivity contribution in [1.29, 1.82) is 0 Å². The van der Waals surface area contributed by atoms with E-state index >= 15 is 0 Å². The molecular weight excluding hydrogens is 244 g/mol. The minimum absolute atomic E-state index is 0.477. The van der Waals surface area contributed by atoms with Crippen molar-refractivity contribution in [3.63, 3.8) is 0 Å². The van der Waals surface area contributed by atoms with Gasteiger partial charge in [0.1, 0.15) is 5.03 Å². The Kier molecular flexibility index (Phi) is 3.77. The minimum atomic E-state index is 0.477. The van der Waals surface area contributed by atoms with Crippen LogP contribution in [0.25, 0.3) is 0 Å². The van der Waals surface area contributed by atoms with Crippen molar-refractivity contribution in [3.8, 4) is 5.88 Å². The maximum atomic E-state index is 5.75. The van der Waals surface area contributed by atoms with Crippen LogP contribution in [0.2, 0.25) is 0 Å². The summed E-state index contributed by atoms with van der Waals surface area (Å²) >= 11 is 1.61. The molecule has 94 valence electrons. The molecule has 3 nitrogen and oxygen atoms in total. The molecule has 0 atom stereocenters. The Hall–Kier alpha value is -1.68. The van der Waals surface area contributed by atoms with Gasteiger partial charge in [-0.3, -0.25) is 0 Å². The highest BCUT2D eigenvalue weighted by Crippen LogP contribution is 2.31. The summed E-state index contributed by atoms with van der Waals surface area (Å²) in [5, 5.41) is 0.882. The van der Waals surface area contributed by atoms with Gasteiger partial charge in [-0.1, -0.05) is 29.5 Å². The Morgan fingerprint density at radius 3 is 2.61 bits per heavy atom. The zero-order valence-electron chi connectivity index (χ0n) is 10.7. The summed E-state index contributed by atoms with van der Waals surface area (Å²) in [5.41, 5.74) is 8.82. The molecule has 18 heavy (non-hydrogen) atoms. The van der Waals surface area contributed by atoms with Crippen molar-refractivity contribution < 1.29 is 4.74 Å². The molecule has 0 aliphatic carbocycles. The fraction of sp³-hybridized carbons (Fsp3) is 0.214. The molecule has 2 aromatic rings. The van der Waals surface area contributed by atoms with Gasteiger partial charge in [0.15, 0.2) is 0 Å². The standard InChI is InChI=1S/C14H16N2OS/c1-9-4-6-12(10(2)8-9)18-13-7-5-11(15)14(16-13)17-3/h4-8H,15H2,1-3H3. The molecule has 0 saturated heterocycles. The quantitative estimate of drug-likeness (QED) is 0.918. The van der Waals surface area contributed by atoms with E-state index in [9.17, 15) is 0 Å². The molecule has 0 bridgehead atoms. The zero-order chi connectivity index (χ0) is 13.1. The lowest BCUT2D eigenvalue weighted by Gasteiger charge is -2.08. The van der Waals surface area contributed by atoms with E-state index in [0.717, 1.165) is 5.03 Å². The molecule has 0 unspecified atom stereocenters. The monoisotopic (exact) mass is 260 g/mol. The molecule has 0 aliphatic rings. The van der Waals surface area contributed by atoms with Crippen LogP contribution in [0.4, 0.5) is 5.69 Å². The van der Waals surface area contributed by atoms with E-state index < -0.39 is 0 Å². The van der Waals surface area contributed by atoms with Crippen LogP contribution < -0.4 is 10.5 Å². The zero-order valence-corrected chi connectivity index (χ0v) is 11.5. The highest BCUT2D eigenvalue weighted by Gasteiger charge is 2.06. The molecule has 0 saturated carbocycles. The molecule has 2 N–H and O–H groups in total. The predicted molar refractivity (Wildman–Crippen MR) is 75.2 cm³/mol. The van der Waals surface area contributed by atoms with E-state index in [2.05, 4.69) is 37.0 Å². The van der Waals surface area contributed by atoms with Crippen LogP contribution in [0.1, 0.15) is 11.1 Å². The Morgan fingerprint density at radius 1 is 1.17 bits per heavy atom. The Labute approximate surface area is 111 Å². The predicted octanol–water partition coefficient (Wildman–Crippen LogP) is 3.44. The van der Waals surface area contributed by atoms with Crippen molar-refractivity contribution in [1.82, 2.24) is 4.98 Å². The van der Waals surface area contributed by atoms with Gasteiger partial charge in [-0.25, -0.2) is 4.98 Å². The third-order valence-electron chi connectivity index (χ3n) is 2.60. The molecule has 0 radical (unpaired) electrons. The molecule has 0 aliphatic heterocycles. The van der Waals surface area contributed by atoms with Crippen molar-refractivity contribution in [2.24, 2.45) is 0 Å². The normalized spacial score (nSPS) is 10.4. The molecular formula is C14H16N2OS. The number of aryl methyl sites for hydroxylation is 2. The molecule has 1 aromatic heterocycles. The maximum absolute atomic E-state index is 5.75. The number of rotatable bonds is 3. The van der Waals surface area contributed by atoms with Crippen molar-refractivity contribution in [2.75, 3.05) is 12.8 Å².